The molecule has 0 spiro atoms. The lowest BCUT2D eigenvalue weighted by Crippen LogP contribution is -2.18. The number of benzene rings is 3. The summed E-state index contributed by atoms with van der Waals surface area (Å²) in [6.45, 7) is 0. The number of halogens is 1. The quantitative estimate of drug-likeness (QED) is 0.371. The highest BCUT2D eigenvalue weighted by molar-refractivity contribution is 6.30. The number of fused-ring (bicyclic) bond motifs is 1. The molecular formula is C25H17ClN4O3. The topological polar surface area (TPSA) is 101 Å². The maximum absolute atomic E-state index is 12.6. The Morgan fingerprint density at radius 1 is 0.909 bits per heavy atom. The van der Waals surface area contributed by atoms with Crippen LogP contribution in [-0.4, -0.2) is 26.4 Å². The van der Waals surface area contributed by atoms with E-state index in [1.54, 1.807) is 24.3 Å². The number of hydrogen-bond acceptors (Lipinski definition) is 5. The number of hydrogen-bond donors (Lipinski definition) is 2. The number of rotatable bonds is 5. The summed E-state index contributed by atoms with van der Waals surface area (Å²) >= 11 is 6.02. The van der Waals surface area contributed by atoms with Crippen molar-refractivity contribution < 1.29 is 9.53 Å². The molecule has 8 heteroatoms. The largest absolute Gasteiger partial charge is 0.416 e. The lowest BCUT2D eigenvalue weighted by Gasteiger charge is -2.07. The van der Waals surface area contributed by atoms with Crippen molar-refractivity contribution in [2.24, 2.45) is 0 Å². The third-order valence-corrected chi connectivity index (χ3v) is 5.43. The number of esters is 1. The van der Waals surface area contributed by atoms with Gasteiger partial charge in [-0.05, 0) is 34.5 Å². The van der Waals surface area contributed by atoms with Crippen LogP contribution in [0.1, 0.15) is 21.7 Å². The van der Waals surface area contributed by atoms with Crippen LogP contribution in [0, 0.1) is 0 Å². The molecule has 0 aliphatic carbocycles. The minimum Gasteiger partial charge on any atom is -0.416 e. The van der Waals surface area contributed by atoms with Crippen molar-refractivity contribution in [3.05, 3.63) is 111 Å². The van der Waals surface area contributed by atoms with Gasteiger partial charge in [0.2, 0.25) is 0 Å². The van der Waals surface area contributed by atoms with E-state index in [0.29, 0.717) is 22.8 Å². The second-order valence-corrected chi connectivity index (χ2v) is 7.87. The molecule has 3 aromatic carbocycles. The van der Waals surface area contributed by atoms with Gasteiger partial charge in [-0.1, -0.05) is 66.2 Å². The summed E-state index contributed by atoms with van der Waals surface area (Å²) in [4.78, 5) is 24.9. The van der Waals surface area contributed by atoms with E-state index in [4.69, 9.17) is 16.3 Å². The molecule has 0 aliphatic heterocycles. The Hall–Kier alpha value is -4.23. The average molecular weight is 457 g/mol. The second kappa shape index (κ2) is 8.72. The maximum Gasteiger partial charge on any atom is 0.361 e. The van der Waals surface area contributed by atoms with E-state index >= 15 is 0 Å². The Labute approximate surface area is 193 Å². The van der Waals surface area contributed by atoms with Crippen LogP contribution in [0.3, 0.4) is 0 Å². The molecule has 5 aromatic rings. The van der Waals surface area contributed by atoms with Crippen LogP contribution >= 0.6 is 11.6 Å². The van der Waals surface area contributed by atoms with E-state index in [0.717, 1.165) is 21.9 Å². The molecular weight excluding hydrogens is 440 g/mol. The summed E-state index contributed by atoms with van der Waals surface area (Å²) in [5.74, 6) is -0.868. The molecule has 0 amide bonds. The molecule has 0 fully saturated rings. The van der Waals surface area contributed by atoms with E-state index in [1.807, 2.05) is 48.5 Å². The summed E-state index contributed by atoms with van der Waals surface area (Å²) in [6.07, 6.45) is 0.464. The first-order valence-corrected chi connectivity index (χ1v) is 10.5. The fraction of sp³-hybridized carbons (Fsp3) is 0.0400. The molecule has 0 unspecified atom stereocenters. The third kappa shape index (κ3) is 4.40. The molecule has 0 bridgehead atoms. The molecule has 2 heterocycles. The second-order valence-electron chi connectivity index (χ2n) is 7.43. The van der Waals surface area contributed by atoms with Gasteiger partial charge in [0.1, 0.15) is 5.69 Å². The summed E-state index contributed by atoms with van der Waals surface area (Å²) in [5.41, 5.74) is 2.40. The molecule has 7 nitrogen and oxygen atoms in total. The van der Waals surface area contributed by atoms with E-state index in [9.17, 15) is 9.59 Å². The van der Waals surface area contributed by atoms with Crippen molar-refractivity contribution in [3.8, 4) is 17.0 Å². The van der Waals surface area contributed by atoms with Gasteiger partial charge in [0.05, 0.1) is 11.4 Å². The molecule has 33 heavy (non-hydrogen) atoms. The zero-order valence-corrected chi connectivity index (χ0v) is 18.0. The van der Waals surface area contributed by atoms with Crippen LogP contribution in [0.4, 0.5) is 0 Å². The number of ether oxygens (including phenoxy) is 1. The van der Waals surface area contributed by atoms with Crippen molar-refractivity contribution in [2.75, 3.05) is 0 Å². The monoisotopic (exact) mass is 456 g/mol. The van der Waals surface area contributed by atoms with E-state index in [1.165, 1.54) is 6.07 Å². The lowest BCUT2D eigenvalue weighted by atomic mass is 10.0. The minimum absolute atomic E-state index is 0.108. The first kappa shape index (κ1) is 20.7. The Morgan fingerprint density at radius 3 is 2.61 bits per heavy atom. The van der Waals surface area contributed by atoms with E-state index in [2.05, 4.69) is 20.4 Å². The van der Waals surface area contributed by atoms with Gasteiger partial charge in [-0.25, -0.2) is 9.89 Å². The molecule has 2 N–H and O–H groups in total. The minimum atomic E-state index is -0.733. The number of carbonyl (C=O) groups excluding carboxylic acids is 1. The lowest BCUT2D eigenvalue weighted by molar-refractivity contribution is 0.0725. The van der Waals surface area contributed by atoms with Crippen LogP contribution in [0.25, 0.3) is 22.0 Å². The predicted molar refractivity (Wildman–Crippen MR) is 126 cm³/mol. The highest BCUT2D eigenvalue weighted by atomic mass is 35.5. The molecule has 162 valence electrons. The summed E-state index contributed by atoms with van der Waals surface area (Å²) in [6, 6.07) is 24.2. The first-order valence-electron chi connectivity index (χ1n) is 10.2. The number of aromatic nitrogens is 4. The fourth-order valence-corrected chi connectivity index (χ4v) is 3.80. The number of aromatic amines is 2. The summed E-state index contributed by atoms with van der Waals surface area (Å²) in [5, 5.41) is 16.1. The van der Waals surface area contributed by atoms with Gasteiger partial charge in [0, 0.05) is 23.1 Å². The van der Waals surface area contributed by atoms with Crippen LogP contribution < -0.4 is 10.3 Å². The predicted octanol–water partition coefficient (Wildman–Crippen LogP) is 4.78. The van der Waals surface area contributed by atoms with Crippen molar-refractivity contribution >= 4 is 28.3 Å². The molecule has 0 atom stereocenters. The highest BCUT2D eigenvalue weighted by Gasteiger charge is 2.16. The van der Waals surface area contributed by atoms with Gasteiger partial charge in [0.25, 0.3) is 0 Å². The third-order valence-electron chi connectivity index (χ3n) is 5.19. The Balaban J connectivity index is 1.38. The summed E-state index contributed by atoms with van der Waals surface area (Å²) < 4.78 is 5.35. The first-order chi connectivity index (χ1) is 16.1. The number of nitrogens with zero attached hydrogens (tertiary/aromatic N) is 2. The summed E-state index contributed by atoms with van der Waals surface area (Å²) in [7, 11) is 0. The van der Waals surface area contributed by atoms with Crippen molar-refractivity contribution in [3.63, 3.8) is 0 Å². The Kier molecular flexibility index (Phi) is 5.46. The molecule has 0 saturated heterocycles. The van der Waals surface area contributed by atoms with Crippen molar-refractivity contribution in [1.82, 2.24) is 20.4 Å². The standard InChI is InChI=1S/C25H17ClN4O3/c26-18-9-4-8-17(11-18)21-14-22(29-28-21)25(32)33-23-13-19(27-30-24(23)31)12-16-7-3-6-15-5-1-2-10-20(15)16/h1-11,13-14H,12H2,(H,28,29)(H,30,31). The Morgan fingerprint density at radius 2 is 1.73 bits per heavy atom. The maximum atomic E-state index is 12.6. The number of H-pyrrole nitrogens is 2. The van der Waals surface area contributed by atoms with Crippen LogP contribution in [0.5, 0.6) is 5.75 Å². The molecule has 0 aliphatic rings. The van der Waals surface area contributed by atoms with Gasteiger partial charge in [-0.2, -0.15) is 10.2 Å². The molecule has 0 saturated carbocycles. The molecule has 0 radical (unpaired) electrons. The van der Waals surface area contributed by atoms with Gasteiger partial charge in [0.15, 0.2) is 5.75 Å². The van der Waals surface area contributed by atoms with Gasteiger partial charge in [-0.15, -0.1) is 0 Å². The van der Waals surface area contributed by atoms with Gasteiger partial charge in [-0.3, -0.25) is 9.89 Å². The van der Waals surface area contributed by atoms with Gasteiger partial charge < -0.3 is 4.74 Å². The fourth-order valence-electron chi connectivity index (χ4n) is 3.61. The Bertz CT molecular complexity index is 1540. The van der Waals surface area contributed by atoms with Crippen molar-refractivity contribution in [1.29, 1.82) is 0 Å². The molecule has 5 rings (SSSR count). The van der Waals surface area contributed by atoms with E-state index < -0.39 is 11.5 Å². The molecule has 2 aromatic heterocycles. The zero-order valence-electron chi connectivity index (χ0n) is 17.2. The number of nitrogens with one attached hydrogen (secondary N) is 2. The van der Waals surface area contributed by atoms with Crippen LogP contribution in [-0.2, 0) is 6.42 Å². The SMILES string of the molecule is O=C(Oc1cc(Cc2cccc3ccccc23)n[nH]c1=O)c1cc(-c2cccc(Cl)c2)n[nH]1. The smallest absolute Gasteiger partial charge is 0.361 e. The number of carbonyl (C=O) groups is 1. The highest BCUT2D eigenvalue weighted by Crippen LogP contribution is 2.23. The van der Waals surface area contributed by atoms with Gasteiger partial charge >= 0.3 is 11.5 Å². The van der Waals surface area contributed by atoms with Crippen molar-refractivity contribution in [2.45, 2.75) is 6.42 Å². The van der Waals surface area contributed by atoms with Crippen LogP contribution in [0.15, 0.2) is 83.7 Å². The average Bonchev–Trinajstić information content (AvgIpc) is 3.32. The van der Waals surface area contributed by atoms with Crippen LogP contribution in [0.2, 0.25) is 5.02 Å². The normalized spacial score (nSPS) is 10.9. The zero-order chi connectivity index (χ0) is 22.8. The van der Waals surface area contributed by atoms with E-state index in [-0.39, 0.29) is 11.4 Å².